The second-order valence-electron chi connectivity index (χ2n) is 9.28. The maximum Gasteiger partial charge on any atom is 0.136 e. The van der Waals surface area contributed by atoms with Gasteiger partial charge < -0.3 is 8.98 Å². The summed E-state index contributed by atoms with van der Waals surface area (Å²) in [5.41, 5.74) is 12.1. The molecule has 2 heterocycles. The molecule has 1 saturated carbocycles. The van der Waals surface area contributed by atoms with Crippen LogP contribution < -0.4 is 0 Å². The van der Waals surface area contributed by atoms with Gasteiger partial charge in [-0.3, -0.25) is 0 Å². The summed E-state index contributed by atoms with van der Waals surface area (Å²) in [7, 11) is 0. The van der Waals surface area contributed by atoms with E-state index in [1.54, 1.807) is 5.57 Å². The molecule has 3 aliphatic carbocycles. The van der Waals surface area contributed by atoms with E-state index in [4.69, 9.17) is 4.42 Å². The third kappa shape index (κ3) is 1.85. The molecule has 2 heteroatoms. The molecule has 0 bridgehead atoms. The third-order valence-electron chi connectivity index (χ3n) is 7.78. The first kappa shape index (κ1) is 15.6. The van der Waals surface area contributed by atoms with Crippen LogP contribution in [-0.2, 0) is 19.3 Å². The molecule has 2 nitrogen and oxygen atoms in total. The molecular weight excluding hydrogens is 366 g/mol. The van der Waals surface area contributed by atoms with Crippen LogP contribution in [0.2, 0.25) is 0 Å². The largest absolute Gasteiger partial charge is 0.456 e. The Labute approximate surface area is 174 Å². The zero-order valence-electron chi connectivity index (χ0n) is 16.7. The van der Waals surface area contributed by atoms with Crippen molar-refractivity contribution in [2.75, 3.05) is 0 Å². The molecule has 30 heavy (non-hydrogen) atoms. The zero-order chi connectivity index (χ0) is 19.4. The second-order valence-corrected chi connectivity index (χ2v) is 9.28. The summed E-state index contributed by atoms with van der Waals surface area (Å²) in [5.74, 6) is 0.748. The molecule has 0 N–H and O–H groups in total. The quantitative estimate of drug-likeness (QED) is 0.303. The highest BCUT2D eigenvalue weighted by molar-refractivity contribution is 6.11. The normalized spacial score (nSPS) is 19.2. The fourth-order valence-electron chi connectivity index (χ4n) is 5.91. The molecule has 3 aliphatic rings. The van der Waals surface area contributed by atoms with Crippen LogP contribution in [0.5, 0.6) is 0 Å². The van der Waals surface area contributed by atoms with Crippen LogP contribution in [0.4, 0.5) is 0 Å². The van der Waals surface area contributed by atoms with E-state index in [9.17, 15) is 0 Å². The van der Waals surface area contributed by atoms with Gasteiger partial charge in [0.1, 0.15) is 11.2 Å². The summed E-state index contributed by atoms with van der Waals surface area (Å²) < 4.78 is 8.85. The van der Waals surface area contributed by atoms with E-state index in [1.165, 1.54) is 75.4 Å². The second kappa shape index (κ2) is 5.26. The third-order valence-corrected chi connectivity index (χ3v) is 7.78. The minimum atomic E-state index is 0.748. The minimum absolute atomic E-state index is 0.748. The standard InChI is InChI=1S/C28H21NO/c1-2-4-20(5-3-1)29-25-12-18-8-6-16(18)10-21(25)22-15-28-24(14-26(22)29)23-11-17-7-9-19(17)13-27(23)30-28/h1-5,11-16H,6-10H2. The van der Waals surface area contributed by atoms with Gasteiger partial charge in [0.15, 0.2) is 0 Å². The van der Waals surface area contributed by atoms with Gasteiger partial charge in [-0.1, -0.05) is 23.8 Å². The van der Waals surface area contributed by atoms with E-state index >= 15 is 0 Å². The molecule has 0 spiro atoms. The summed E-state index contributed by atoms with van der Waals surface area (Å²) in [6, 6.07) is 20.2. The Bertz CT molecular complexity index is 1560. The van der Waals surface area contributed by atoms with Crippen LogP contribution >= 0.6 is 0 Å². The highest BCUT2D eigenvalue weighted by Crippen LogP contribution is 2.47. The molecular formula is C28H21NO. The fourth-order valence-corrected chi connectivity index (χ4v) is 5.91. The zero-order valence-corrected chi connectivity index (χ0v) is 16.7. The van der Waals surface area contributed by atoms with Gasteiger partial charge in [0.25, 0.3) is 0 Å². The monoisotopic (exact) mass is 387 g/mol. The average Bonchev–Trinajstić information content (AvgIpc) is 3.23. The first-order valence-corrected chi connectivity index (χ1v) is 11.1. The molecule has 0 saturated heterocycles. The number of fused-ring (bicyclic) bond motifs is 8. The van der Waals surface area contributed by atoms with Gasteiger partial charge in [0, 0.05) is 21.8 Å². The van der Waals surface area contributed by atoms with E-state index in [2.05, 4.69) is 65.2 Å². The van der Waals surface area contributed by atoms with E-state index in [1.807, 2.05) is 0 Å². The summed E-state index contributed by atoms with van der Waals surface area (Å²) in [5, 5.41) is 3.87. The molecule has 1 atom stereocenters. The lowest BCUT2D eigenvalue weighted by Gasteiger charge is -2.33. The Balaban J connectivity index is 1.51. The maximum atomic E-state index is 6.37. The summed E-state index contributed by atoms with van der Waals surface area (Å²) in [6.45, 7) is 0. The smallest absolute Gasteiger partial charge is 0.136 e. The molecule has 144 valence electrons. The molecule has 1 unspecified atom stereocenters. The molecule has 0 radical (unpaired) electrons. The van der Waals surface area contributed by atoms with Crippen molar-refractivity contribution in [3.8, 4) is 5.69 Å². The minimum Gasteiger partial charge on any atom is -0.456 e. The number of hydrogen-bond donors (Lipinski definition) is 0. The SMILES string of the molecule is C1=C2CCC2Cc2c1n(-c1ccccc1)c1cc3c(cc21)oc1cc2c(cc13)CC2. The number of allylic oxidation sites excluding steroid dienone is 1. The summed E-state index contributed by atoms with van der Waals surface area (Å²) >= 11 is 0. The number of aromatic nitrogens is 1. The number of benzene rings is 3. The van der Waals surface area contributed by atoms with Crippen molar-refractivity contribution in [3.63, 3.8) is 0 Å². The lowest BCUT2D eigenvalue weighted by atomic mass is 9.72. The van der Waals surface area contributed by atoms with Crippen LogP contribution in [0.25, 0.3) is 44.6 Å². The molecule has 1 fully saturated rings. The number of rotatable bonds is 1. The number of para-hydroxylation sites is 1. The van der Waals surface area contributed by atoms with Crippen molar-refractivity contribution in [1.82, 2.24) is 4.57 Å². The number of hydrogen-bond acceptors (Lipinski definition) is 1. The summed E-state index contributed by atoms with van der Waals surface area (Å²) in [6.07, 6.45) is 8.62. The van der Waals surface area contributed by atoms with Gasteiger partial charge in [-0.25, -0.2) is 0 Å². The fraction of sp³-hybridized carbons (Fsp3) is 0.214. The van der Waals surface area contributed by atoms with E-state index in [0.717, 1.165) is 23.5 Å². The van der Waals surface area contributed by atoms with Gasteiger partial charge in [-0.05, 0) is 97.2 Å². The van der Waals surface area contributed by atoms with Crippen LogP contribution in [0.15, 0.2) is 64.6 Å². The van der Waals surface area contributed by atoms with E-state index < -0.39 is 0 Å². The number of nitrogens with zero attached hydrogens (tertiary/aromatic N) is 1. The van der Waals surface area contributed by atoms with Gasteiger partial charge >= 0.3 is 0 Å². The summed E-state index contributed by atoms with van der Waals surface area (Å²) in [4.78, 5) is 0. The predicted molar refractivity (Wildman–Crippen MR) is 122 cm³/mol. The predicted octanol–water partition coefficient (Wildman–Crippen LogP) is 6.98. The van der Waals surface area contributed by atoms with Gasteiger partial charge in [0.05, 0.1) is 11.2 Å². The Morgan fingerprint density at radius 1 is 0.800 bits per heavy atom. The lowest BCUT2D eigenvalue weighted by Crippen LogP contribution is -2.22. The average molecular weight is 387 g/mol. The number of furan rings is 1. The molecule has 5 aromatic rings. The lowest BCUT2D eigenvalue weighted by molar-refractivity contribution is 0.440. The van der Waals surface area contributed by atoms with Crippen molar-refractivity contribution < 1.29 is 4.42 Å². The van der Waals surface area contributed by atoms with Crippen molar-refractivity contribution in [2.45, 2.75) is 32.1 Å². The molecule has 0 aliphatic heterocycles. The first-order chi connectivity index (χ1) is 14.8. The van der Waals surface area contributed by atoms with E-state index in [-0.39, 0.29) is 0 Å². The Kier molecular flexibility index (Phi) is 2.73. The maximum absolute atomic E-state index is 6.37. The molecule has 3 aromatic carbocycles. The highest BCUT2D eigenvalue weighted by Gasteiger charge is 2.32. The Hall–Kier alpha value is -3.26. The van der Waals surface area contributed by atoms with Crippen molar-refractivity contribution in [1.29, 1.82) is 0 Å². The van der Waals surface area contributed by atoms with Crippen molar-refractivity contribution in [3.05, 3.63) is 82.6 Å². The van der Waals surface area contributed by atoms with Gasteiger partial charge in [0.2, 0.25) is 0 Å². The van der Waals surface area contributed by atoms with Gasteiger partial charge in [-0.2, -0.15) is 0 Å². The Morgan fingerprint density at radius 3 is 2.40 bits per heavy atom. The Morgan fingerprint density at radius 2 is 1.60 bits per heavy atom. The number of aryl methyl sites for hydroxylation is 2. The molecule has 8 rings (SSSR count). The van der Waals surface area contributed by atoms with Crippen molar-refractivity contribution >= 4 is 38.9 Å². The van der Waals surface area contributed by atoms with Crippen LogP contribution in [0.3, 0.4) is 0 Å². The highest BCUT2D eigenvalue weighted by atomic mass is 16.3. The molecule has 0 amide bonds. The van der Waals surface area contributed by atoms with Crippen LogP contribution in [0.1, 0.15) is 35.2 Å². The van der Waals surface area contributed by atoms with Crippen LogP contribution in [0, 0.1) is 5.92 Å². The van der Waals surface area contributed by atoms with Gasteiger partial charge in [-0.15, -0.1) is 0 Å². The van der Waals surface area contributed by atoms with E-state index in [0.29, 0.717) is 0 Å². The topological polar surface area (TPSA) is 18.1 Å². The van der Waals surface area contributed by atoms with Crippen molar-refractivity contribution in [2.24, 2.45) is 5.92 Å². The first-order valence-electron chi connectivity index (χ1n) is 11.1. The van der Waals surface area contributed by atoms with Crippen LogP contribution in [-0.4, -0.2) is 4.57 Å². The molecule has 2 aromatic heterocycles.